The summed E-state index contributed by atoms with van der Waals surface area (Å²) in [5.41, 5.74) is 2.83. The van der Waals surface area contributed by atoms with E-state index in [0.717, 1.165) is 16.9 Å². The number of imidazole rings is 1. The van der Waals surface area contributed by atoms with Crippen LogP contribution in [-0.2, 0) is 11.2 Å². The summed E-state index contributed by atoms with van der Waals surface area (Å²) in [4.78, 5) is 20.3. The van der Waals surface area contributed by atoms with Crippen LogP contribution in [0.4, 0.5) is 5.69 Å². The Morgan fingerprint density at radius 3 is 2.86 bits per heavy atom. The first kappa shape index (κ1) is 14.0. The van der Waals surface area contributed by atoms with E-state index in [0.29, 0.717) is 12.1 Å². The van der Waals surface area contributed by atoms with E-state index in [1.807, 2.05) is 49.5 Å². The van der Waals surface area contributed by atoms with E-state index in [1.54, 1.807) is 23.3 Å². The lowest BCUT2D eigenvalue weighted by Gasteiger charge is -2.07. The van der Waals surface area contributed by atoms with Crippen LogP contribution in [0.25, 0.3) is 5.82 Å². The van der Waals surface area contributed by atoms with Crippen LogP contribution in [0.2, 0.25) is 0 Å². The Bertz CT molecular complexity index is 764. The number of nitrogens with zero attached hydrogens (tertiary/aromatic N) is 3. The second-order valence-electron chi connectivity index (χ2n) is 5.09. The molecule has 0 aliphatic carbocycles. The third-order valence-corrected chi connectivity index (χ3v) is 3.25. The number of aryl methyl sites for hydroxylation is 1. The first-order valence-electron chi connectivity index (χ1n) is 7.00. The van der Waals surface area contributed by atoms with Gasteiger partial charge < -0.3 is 5.32 Å². The first-order chi connectivity index (χ1) is 10.7. The fraction of sp³-hybridized carbons (Fsp3) is 0.118. The molecule has 22 heavy (non-hydrogen) atoms. The lowest BCUT2D eigenvalue weighted by molar-refractivity contribution is -0.115. The van der Waals surface area contributed by atoms with E-state index in [4.69, 9.17) is 0 Å². The molecule has 0 saturated heterocycles. The van der Waals surface area contributed by atoms with E-state index in [-0.39, 0.29) is 5.91 Å². The van der Waals surface area contributed by atoms with Gasteiger partial charge in [-0.1, -0.05) is 29.8 Å². The highest BCUT2D eigenvalue weighted by atomic mass is 16.1. The van der Waals surface area contributed by atoms with Crippen molar-refractivity contribution in [3.63, 3.8) is 0 Å². The number of aromatic nitrogens is 3. The molecule has 0 spiro atoms. The molecule has 3 rings (SSSR count). The first-order valence-corrected chi connectivity index (χ1v) is 7.00. The number of carbonyl (C=O) groups is 1. The standard InChI is InChI=1S/C17H16N4O/c1-13-3-2-4-14(9-13)10-17(22)20-15-5-6-16(19-11-15)21-8-7-18-12-21/h2-9,11-12H,10H2,1H3,(H,20,22). The number of anilines is 1. The predicted molar refractivity (Wildman–Crippen MR) is 84.9 cm³/mol. The second kappa shape index (κ2) is 6.22. The maximum atomic E-state index is 12.1. The molecule has 2 aromatic heterocycles. The minimum atomic E-state index is -0.0530. The van der Waals surface area contributed by atoms with E-state index < -0.39 is 0 Å². The molecule has 0 atom stereocenters. The van der Waals surface area contributed by atoms with Crippen LogP contribution in [0.15, 0.2) is 61.3 Å². The Morgan fingerprint density at radius 1 is 1.27 bits per heavy atom. The Balaban J connectivity index is 1.64. The number of rotatable bonds is 4. The lowest BCUT2D eigenvalue weighted by atomic mass is 10.1. The molecule has 110 valence electrons. The van der Waals surface area contributed by atoms with Crippen molar-refractivity contribution < 1.29 is 4.79 Å². The van der Waals surface area contributed by atoms with Crippen LogP contribution in [0.5, 0.6) is 0 Å². The van der Waals surface area contributed by atoms with Crippen molar-refractivity contribution in [2.75, 3.05) is 5.32 Å². The molecule has 5 nitrogen and oxygen atoms in total. The molecule has 0 aliphatic heterocycles. The van der Waals surface area contributed by atoms with Gasteiger partial charge in [-0.2, -0.15) is 0 Å². The number of pyridine rings is 1. The zero-order valence-corrected chi connectivity index (χ0v) is 12.2. The molecule has 0 aliphatic rings. The molecule has 3 aromatic rings. The summed E-state index contributed by atoms with van der Waals surface area (Å²) >= 11 is 0. The van der Waals surface area contributed by atoms with Crippen LogP contribution in [0.3, 0.4) is 0 Å². The van der Waals surface area contributed by atoms with Crippen LogP contribution >= 0.6 is 0 Å². The highest BCUT2D eigenvalue weighted by Crippen LogP contribution is 2.11. The number of benzene rings is 1. The van der Waals surface area contributed by atoms with E-state index in [2.05, 4.69) is 15.3 Å². The summed E-state index contributed by atoms with van der Waals surface area (Å²) in [5, 5.41) is 2.86. The van der Waals surface area contributed by atoms with Gasteiger partial charge in [-0.05, 0) is 24.6 Å². The smallest absolute Gasteiger partial charge is 0.228 e. The SMILES string of the molecule is Cc1cccc(CC(=O)Nc2ccc(-n3ccnc3)nc2)c1. The minimum absolute atomic E-state index is 0.0530. The Labute approximate surface area is 128 Å². The molecule has 0 fully saturated rings. The van der Waals surface area contributed by atoms with Crippen LogP contribution in [0.1, 0.15) is 11.1 Å². The van der Waals surface area contributed by atoms with Crippen molar-refractivity contribution in [1.29, 1.82) is 0 Å². The van der Waals surface area contributed by atoms with Gasteiger partial charge in [-0.15, -0.1) is 0 Å². The van der Waals surface area contributed by atoms with Gasteiger partial charge in [-0.25, -0.2) is 9.97 Å². The molecule has 1 N–H and O–H groups in total. The van der Waals surface area contributed by atoms with Crippen molar-refractivity contribution in [3.8, 4) is 5.82 Å². The van der Waals surface area contributed by atoms with E-state index in [9.17, 15) is 4.79 Å². The van der Waals surface area contributed by atoms with Crippen LogP contribution in [0, 0.1) is 6.92 Å². The molecular formula is C17H16N4O. The van der Waals surface area contributed by atoms with Crippen molar-refractivity contribution in [2.24, 2.45) is 0 Å². The monoisotopic (exact) mass is 292 g/mol. The van der Waals surface area contributed by atoms with Crippen molar-refractivity contribution in [1.82, 2.24) is 14.5 Å². The van der Waals surface area contributed by atoms with Gasteiger partial charge in [0.1, 0.15) is 12.1 Å². The average molecular weight is 292 g/mol. The third kappa shape index (κ3) is 3.38. The van der Waals surface area contributed by atoms with Gasteiger partial charge >= 0.3 is 0 Å². The zero-order valence-electron chi connectivity index (χ0n) is 12.2. The molecule has 1 aromatic carbocycles. The normalized spacial score (nSPS) is 10.4. The molecule has 0 unspecified atom stereocenters. The topological polar surface area (TPSA) is 59.8 Å². The van der Waals surface area contributed by atoms with Gasteiger partial charge in [0.2, 0.25) is 5.91 Å². The quantitative estimate of drug-likeness (QED) is 0.804. The zero-order chi connectivity index (χ0) is 15.4. The van der Waals surface area contributed by atoms with Crippen molar-refractivity contribution in [3.05, 3.63) is 72.4 Å². The molecule has 0 radical (unpaired) electrons. The van der Waals surface area contributed by atoms with Crippen LogP contribution in [-0.4, -0.2) is 20.4 Å². The number of hydrogen-bond donors (Lipinski definition) is 1. The highest BCUT2D eigenvalue weighted by molar-refractivity contribution is 5.92. The summed E-state index contributed by atoms with van der Waals surface area (Å²) in [6.45, 7) is 2.01. The molecule has 2 heterocycles. The van der Waals surface area contributed by atoms with Gasteiger partial charge in [0, 0.05) is 12.4 Å². The molecule has 0 bridgehead atoms. The Morgan fingerprint density at radius 2 is 2.18 bits per heavy atom. The molecule has 1 amide bonds. The van der Waals surface area contributed by atoms with Gasteiger partial charge in [0.25, 0.3) is 0 Å². The van der Waals surface area contributed by atoms with Gasteiger partial charge in [0.05, 0.1) is 18.3 Å². The number of hydrogen-bond acceptors (Lipinski definition) is 3. The summed E-state index contributed by atoms with van der Waals surface area (Å²) in [5.74, 6) is 0.706. The van der Waals surface area contributed by atoms with Crippen molar-refractivity contribution >= 4 is 11.6 Å². The summed E-state index contributed by atoms with van der Waals surface area (Å²) < 4.78 is 1.80. The Kier molecular flexibility index (Phi) is 3.96. The summed E-state index contributed by atoms with van der Waals surface area (Å²) in [6.07, 6.45) is 7.18. The molecular weight excluding hydrogens is 276 g/mol. The fourth-order valence-electron chi connectivity index (χ4n) is 2.22. The molecule has 5 heteroatoms. The van der Waals surface area contributed by atoms with Gasteiger partial charge in [0.15, 0.2) is 0 Å². The van der Waals surface area contributed by atoms with Gasteiger partial charge in [-0.3, -0.25) is 9.36 Å². The Hall–Kier alpha value is -2.95. The lowest BCUT2D eigenvalue weighted by Crippen LogP contribution is -2.14. The van der Waals surface area contributed by atoms with E-state index >= 15 is 0 Å². The number of carbonyl (C=O) groups excluding carboxylic acids is 1. The van der Waals surface area contributed by atoms with E-state index in [1.165, 1.54) is 0 Å². The predicted octanol–water partition coefficient (Wildman–Crippen LogP) is 2.76. The maximum Gasteiger partial charge on any atom is 0.228 e. The maximum absolute atomic E-state index is 12.1. The second-order valence-corrected chi connectivity index (χ2v) is 5.09. The van der Waals surface area contributed by atoms with Crippen LogP contribution < -0.4 is 5.32 Å². The largest absolute Gasteiger partial charge is 0.324 e. The molecule has 0 saturated carbocycles. The van der Waals surface area contributed by atoms with Crippen molar-refractivity contribution in [2.45, 2.75) is 13.3 Å². The number of nitrogens with one attached hydrogen (secondary N) is 1. The average Bonchev–Trinajstić information content (AvgIpc) is 3.02. The minimum Gasteiger partial charge on any atom is -0.324 e. The summed E-state index contributed by atoms with van der Waals surface area (Å²) in [7, 11) is 0. The highest BCUT2D eigenvalue weighted by Gasteiger charge is 2.05. The third-order valence-electron chi connectivity index (χ3n) is 3.25. The summed E-state index contributed by atoms with van der Waals surface area (Å²) in [6, 6.07) is 11.6. The fourth-order valence-corrected chi connectivity index (χ4v) is 2.22. The number of amides is 1.